The van der Waals surface area contributed by atoms with Crippen LogP contribution in [0.15, 0.2) is 60.9 Å². The van der Waals surface area contributed by atoms with E-state index in [2.05, 4.69) is 10.3 Å². The molecule has 0 aliphatic heterocycles. The molecule has 3 aromatic rings. The van der Waals surface area contributed by atoms with Crippen LogP contribution in [0, 0.1) is 5.82 Å². The lowest BCUT2D eigenvalue weighted by atomic mass is 10.0. The van der Waals surface area contributed by atoms with Gasteiger partial charge in [0.15, 0.2) is 0 Å². The number of amides is 1. The van der Waals surface area contributed by atoms with Crippen molar-refractivity contribution in [3.05, 3.63) is 83.7 Å². The van der Waals surface area contributed by atoms with E-state index in [4.69, 9.17) is 4.74 Å². The molecule has 3 rings (SSSR count). The molecule has 1 amide bonds. The zero-order valence-corrected chi connectivity index (χ0v) is 14.6. The van der Waals surface area contributed by atoms with Crippen molar-refractivity contribution in [1.29, 1.82) is 0 Å². The molecule has 0 fully saturated rings. The van der Waals surface area contributed by atoms with Crippen molar-refractivity contribution in [3.8, 4) is 5.75 Å². The van der Waals surface area contributed by atoms with E-state index < -0.39 is 6.04 Å². The van der Waals surface area contributed by atoms with Crippen LogP contribution in [0.3, 0.4) is 0 Å². The number of benzene rings is 2. The third-order valence-corrected chi connectivity index (χ3v) is 4.14. The number of ether oxygens (including phenoxy) is 1. The number of rotatable bonds is 6. The normalized spacial score (nSPS) is 11.8. The maximum absolute atomic E-state index is 14.3. The fourth-order valence-corrected chi connectivity index (χ4v) is 2.83. The summed E-state index contributed by atoms with van der Waals surface area (Å²) in [4.78, 5) is 16.9. The summed E-state index contributed by atoms with van der Waals surface area (Å²) in [5.74, 6) is 0.635. The molecular formula is C20H20FN3O2. The van der Waals surface area contributed by atoms with E-state index in [0.717, 1.165) is 5.56 Å². The first-order valence-corrected chi connectivity index (χ1v) is 8.22. The summed E-state index contributed by atoms with van der Waals surface area (Å²) in [6.07, 6.45) is 3.54. The standard InChI is InChI=1S/C20H20FN3O2/c1-24-11-10-22-20(24)19(16-8-3-4-9-17(16)21)23-18(25)13-14-6-5-7-15(12-14)26-2/h3-12,19H,13H2,1-2H3,(H,23,25). The van der Waals surface area contributed by atoms with Crippen molar-refractivity contribution in [2.24, 2.45) is 7.05 Å². The van der Waals surface area contributed by atoms with Gasteiger partial charge < -0.3 is 14.6 Å². The van der Waals surface area contributed by atoms with Crippen LogP contribution >= 0.6 is 0 Å². The Morgan fingerprint density at radius 3 is 2.77 bits per heavy atom. The lowest BCUT2D eigenvalue weighted by Crippen LogP contribution is -2.32. The topological polar surface area (TPSA) is 56.1 Å². The van der Waals surface area contributed by atoms with E-state index in [-0.39, 0.29) is 18.1 Å². The number of halogens is 1. The minimum absolute atomic E-state index is 0.159. The molecule has 0 aliphatic rings. The number of nitrogens with one attached hydrogen (secondary N) is 1. The highest BCUT2D eigenvalue weighted by Crippen LogP contribution is 2.23. The average Bonchev–Trinajstić information content (AvgIpc) is 3.06. The summed E-state index contributed by atoms with van der Waals surface area (Å²) in [6, 6.07) is 13.0. The highest BCUT2D eigenvalue weighted by atomic mass is 19.1. The van der Waals surface area contributed by atoms with Gasteiger partial charge in [0.05, 0.1) is 13.5 Å². The maximum Gasteiger partial charge on any atom is 0.225 e. The number of aromatic nitrogens is 2. The van der Waals surface area contributed by atoms with Crippen molar-refractivity contribution in [2.45, 2.75) is 12.5 Å². The van der Waals surface area contributed by atoms with Gasteiger partial charge in [-0.05, 0) is 23.8 Å². The molecule has 1 aromatic heterocycles. The van der Waals surface area contributed by atoms with E-state index in [1.54, 1.807) is 48.3 Å². The van der Waals surface area contributed by atoms with Crippen LogP contribution in [-0.4, -0.2) is 22.6 Å². The minimum Gasteiger partial charge on any atom is -0.497 e. The van der Waals surface area contributed by atoms with Crippen molar-refractivity contribution < 1.29 is 13.9 Å². The molecule has 0 bridgehead atoms. The van der Waals surface area contributed by atoms with Gasteiger partial charge in [0.25, 0.3) is 0 Å². The highest BCUT2D eigenvalue weighted by Gasteiger charge is 2.23. The van der Waals surface area contributed by atoms with Crippen LogP contribution in [0.25, 0.3) is 0 Å². The second-order valence-corrected chi connectivity index (χ2v) is 5.95. The molecule has 5 nitrogen and oxygen atoms in total. The third-order valence-electron chi connectivity index (χ3n) is 4.14. The number of hydrogen-bond donors (Lipinski definition) is 1. The molecule has 0 saturated heterocycles. The van der Waals surface area contributed by atoms with E-state index in [0.29, 0.717) is 17.1 Å². The van der Waals surface area contributed by atoms with Crippen LogP contribution in [0.1, 0.15) is 23.0 Å². The fourth-order valence-electron chi connectivity index (χ4n) is 2.83. The molecule has 0 aliphatic carbocycles. The van der Waals surface area contributed by atoms with Crippen LogP contribution < -0.4 is 10.1 Å². The summed E-state index contributed by atoms with van der Waals surface area (Å²) >= 11 is 0. The molecule has 134 valence electrons. The van der Waals surface area contributed by atoms with Gasteiger partial charge in [0, 0.05) is 25.0 Å². The van der Waals surface area contributed by atoms with Gasteiger partial charge in [-0.15, -0.1) is 0 Å². The highest BCUT2D eigenvalue weighted by molar-refractivity contribution is 5.79. The number of aryl methyl sites for hydroxylation is 1. The largest absolute Gasteiger partial charge is 0.497 e. The van der Waals surface area contributed by atoms with Gasteiger partial charge >= 0.3 is 0 Å². The Bertz CT molecular complexity index is 907. The second kappa shape index (κ2) is 7.82. The quantitative estimate of drug-likeness (QED) is 0.741. The smallest absolute Gasteiger partial charge is 0.225 e. The van der Waals surface area contributed by atoms with E-state index in [1.807, 2.05) is 25.2 Å². The molecule has 1 N–H and O–H groups in total. The zero-order valence-electron chi connectivity index (χ0n) is 14.6. The first-order valence-electron chi connectivity index (χ1n) is 8.22. The van der Waals surface area contributed by atoms with Crippen molar-refractivity contribution in [1.82, 2.24) is 14.9 Å². The zero-order chi connectivity index (χ0) is 18.5. The fraction of sp³-hybridized carbons (Fsp3) is 0.200. The van der Waals surface area contributed by atoms with Crippen LogP contribution in [0.4, 0.5) is 4.39 Å². The molecule has 26 heavy (non-hydrogen) atoms. The predicted octanol–water partition coefficient (Wildman–Crippen LogP) is 3.02. The Hall–Kier alpha value is -3.15. The summed E-state index contributed by atoms with van der Waals surface area (Å²) in [5, 5.41) is 2.90. The Balaban J connectivity index is 1.85. The molecule has 1 atom stereocenters. The Morgan fingerprint density at radius 2 is 2.08 bits per heavy atom. The lowest BCUT2D eigenvalue weighted by Gasteiger charge is -2.20. The van der Waals surface area contributed by atoms with Crippen molar-refractivity contribution in [3.63, 3.8) is 0 Å². The second-order valence-electron chi connectivity index (χ2n) is 5.95. The molecule has 0 saturated carbocycles. The van der Waals surface area contributed by atoms with Gasteiger partial charge in [0.2, 0.25) is 5.91 Å². The van der Waals surface area contributed by atoms with Crippen LogP contribution in [0.5, 0.6) is 5.75 Å². The third kappa shape index (κ3) is 3.91. The number of imidazole rings is 1. The lowest BCUT2D eigenvalue weighted by molar-refractivity contribution is -0.121. The first kappa shape index (κ1) is 17.7. The van der Waals surface area contributed by atoms with E-state index in [1.165, 1.54) is 6.07 Å². The number of methoxy groups -OCH3 is 1. The van der Waals surface area contributed by atoms with E-state index in [9.17, 15) is 9.18 Å². The summed E-state index contributed by atoms with van der Waals surface area (Å²) in [6.45, 7) is 0. The minimum atomic E-state index is -0.672. The number of carbonyl (C=O) groups excluding carboxylic acids is 1. The molecular weight excluding hydrogens is 333 g/mol. The average molecular weight is 353 g/mol. The van der Waals surface area contributed by atoms with Gasteiger partial charge in [-0.2, -0.15) is 0 Å². The molecule has 1 heterocycles. The Morgan fingerprint density at radius 1 is 1.27 bits per heavy atom. The van der Waals surface area contributed by atoms with Gasteiger partial charge in [-0.1, -0.05) is 30.3 Å². The van der Waals surface area contributed by atoms with Crippen molar-refractivity contribution in [2.75, 3.05) is 7.11 Å². The van der Waals surface area contributed by atoms with Crippen LogP contribution in [0.2, 0.25) is 0 Å². The Kier molecular flexibility index (Phi) is 5.31. The monoisotopic (exact) mass is 353 g/mol. The van der Waals surface area contributed by atoms with Gasteiger partial charge in [-0.25, -0.2) is 9.37 Å². The van der Waals surface area contributed by atoms with Gasteiger partial charge in [0.1, 0.15) is 23.4 Å². The predicted molar refractivity (Wildman–Crippen MR) is 96.3 cm³/mol. The molecule has 6 heteroatoms. The van der Waals surface area contributed by atoms with Gasteiger partial charge in [-0.3, -0.25) is 4.79 Å². The molecule has 1 unspecified atom stereocenters. The van der Waals surface area contributed by atoms with E-state index >= 15 is 0 Å². The molecule has 0 radical (unpaired) electrons. The molecule has 2 aromatic carbocycles. The summed E-state index contributed by atoms with van der Waals surface area (Å²) in [7, 11) is 3.39. The maximum atomic E-state index is 14.3. The number of carbonyl (C=O) groups is 1. The summed E-state index contributed by atoms with van der Waals surface area (Å²) < 4.78 is 21.3. The first-order chi connectivity index (χ1) is 12.6. The molecule has 0 spiro atoms. The SMILES string of the molecule is COc1cccc(CC(=O)NC(c2ccccc2F)c2nccn2C)c1. The number of nitrogens with zero attached hydrogens (tertiary/aromatic N) is 2. The summed E-state index contributed by atoms with van der Waals surface area (Å²) in [5.41, 5.74) is 1.19. The Labute approximate surface area is 151 Å². The number of hydrogen-bond acceptors (Lipinski definition) is 3. The van der Waals surface area contributed by atoms with Crippen molar-refractivity contribution >= 4 is 5.91 Å². The van der Waals surface area contributed by atoms with Crippen LogP contribution in [-0.2, 0) is 18.3 Å².